The number of rotatable bonds is 15. The number of pyridine rings is 2. The van der Waals surface area contributed by atoms with E-state index < -0.39 is 58.1 Å². The highest BCUT2D eigenvalue weighted by Gasteiger charge is 2.37. The fraction of sp³-hybridized carbons (Fsp3) is 0.425. The largest absolute Gasteiger partial charge is 0.497 e. The number of carbonyl (C=O) groups is 1. The molecule has 0 saturated carbocycles. The third kappa shape index (κ3) is 9.97. The molecule has 318 valence electrons. The molecular formula is C40H45F4N5O9S. The molecule has 59 heavy (non-hydrogen) atoms. The maximum Gasteiger partial charge on any atom is 0.280 e. The first-order valence-corrected chi connectivity index (χ1v) is 20.1. The summed E-state index contributed by atoms with van der Waals surface area (Å²) in [6.07, 6.45) is -3.88. The number of carbonyl (C=O) groups excluding carboxylic acids is 1. The third-order valence-electron chi connectivity index (χ3n) is 9.96. The molecule has 2 fully saturated rings. The number of anilines is 2. The van der Waals surface area contributed by atoms with Gasteiger partial charge in [0.05, 0.1) is 59.5 Å². The first-order valence-electron chi connectivity index (χ1n) is 18.6. The molecule has 2 aliphatic rings. The Balaban J connectivity index is 1.44. The summed E-state index contributed by atoms with van der Waals surface area (Å²) in [6, 6.07) is 14.7. The summed E-state index contributed by atoms with van der Waals surface area (Å²) in [7, 11) is 1.32. The second-order valence-corrected chi connectivity index (χ2v) is 15.5. The number of amides is 1. The Morgan fingerprint density at radius 1 is 0.881 bits per heavy atom. The van der Waals surface area contributed by atoms with Gasteiger partial charge in [0.25, 0.3) is 22.4 Å². The van der Waals surface area contributed by atoms with Gasteiger partial charge >= 0.3 is 0 Å². The highest BCUT2D eigenvalue weighted by molar-refractivity contribution is 7.89. The third-order valence-corrected chi connectivity index (χ3v) is 11.6. The van der Waals surface area contributed by atoms with Crippen LogP contribution in [0.2, 0.25) is 0 Å². The van der Waals surface area contributed by atoms with Crippen LogP contribution in [0.3, 0.4) is 0 Å². The molecule has 0 spiro atoms. The number of ether oxygens (including phenoxy) is 6. The van der Waals surface area contributed by atoms with E-state index in [1.54, 1.807) is 36.4 Å². The van der Waals surface area contributed by atoms with Crippen LogP contribution in [0, 0.1) is 0 Å². The van der Waals surface area contributed by atoms with Gasteiger partial charge in [-0.25, -0.2) is 35.9 Å². The summed E-state index contributed by atoms with van der Waals surface area (Å²) in [6.45, 7) is -0.484. The van der Waals surface area contributed by atoms with E-state index in [0.29, 0.717) is 34.1 Å². The van der Waals surface area contributed by atoms with Crippen molar-refractivity contribution in [1.29, 1.82) is 0 Å². The van der Waals surface area contributed by atoms with E-state index >= 15 is 0 Å². The molecule has 19 heteroatoms. The Kier molecular flexibility index (Phi) is 13.8. The molecule has 2 aliphatic heterocycles. The van der Waals surface area contributed by atoms with Crippen molar-refractivity contribution < 1.29 is 59.2 Å². The van der Waals surface area contributed by atoms with Crippen LogP contribution in [0.1, 0.15) is 52.9 Å². The van der Waals surface area contributed by atoms with E-state index in [9.17, 15) is 30.8 Å². The number of aromatic nitrogens is 2. The second-order valence-electron chi connectivity index (χ2n) is 13.7. The monoisotopic (exact) mass is 847 g/mol. The molecule has 4 heterocycles. The van der Waals surface area contributed by atoms with E-state index in [2.05, 4.69) is 9.97 Å². The van der Waals surface area contributed by atoms with E-state index in [-0.39, 0.29) is 69.5 Å². The van der Waals surface area contributed by atoms with Crippen LogP contribution in [-0.2, 0) is 32.6 Å². The number of hydrogen-bond acceptors (Lipinski definition) is 12. The number of methoxy groups -OCH3 is 4. The summed E-state index contributed by atoms with van der Waals surface area (Å²) < 4.78 is 121. The van der Waals surface area contributed by atoms with E-state index in [0.717, 1.165) is 17.0 Å². The highest BCUT2D eigenvalue weighted by atomic mass is 32.2. The summed E-state index contributed by atoms with van der Waals surface area (Å²) >= 11 is 0. The molecule has 0 radical (unpaired) electrons. The average Bonchev–Trinajstić information content (AvgIpc) is 3.43. The fourth-order valence-electron chi connectivity index (χ4n) is 6.83. The van der Waals surface area contributed by atoms with Crippen molar-refractivity contribution in [3.8, 4) is 23.0 Å². The number of hydrogen-bond donors (Lipinski definition) is 0. The maximum atomic E-state index is 14.8. The predicted molar refractivity (Wildman–Crippen MR) is 207 cm³/mol. The Morgan fingerprint density at radius 3 is 2.12 bits per heavy atom. The standard InChI is InChI=1S/C40H45F4N5O9S/c1-53-29-8-6-26(33(21-29)55-3)23-48(24-27-7-9-30(54-2)22-34(27)56-4)59(51,52)35-20-28(12-15-45-35)49(36-25-57-18-19-58-36)39(50)31-10-11-32(37(41)42)46-38(31)47-16-5-13-40(43,44)14-17-47/h6-12,15,20-22,36-37H,5,13-14,16-19,23-25H2,1-4H3. The van der Waals surface area contributed by atoms with E-state index in [4.69, 9.17) is 28.4 Å². The number of nitrogens with zero attached hydrogens (tertiary/aromatic N) is 5. The number of halogens is 4. The van der Waals surface area contributed by atoms with Gasteiger partial charge in [-0.2, -0.15) is 4.31 Å². The molecule has 1 amide bonds. The van der Waals surface area contributed by atoms with Crippen LogP contribution >= 0.6 is 0 Å². The molecule has 1 unspecified atom stereocenters. The van der Waals surface area contributed by atoms with Crippen molar-refractivity contribution in [1.82, 2.24) is 14.3 Å². The van der Waals surface area contributed by atoms with Gasteiger partial charge in [0.2, 0.25) is 5.92 Å². The predicted octanol–water partition coefficient (Wildman–Crippen LogP) is 6.49. The molecule has 1 atom stereocenters. The van der Waals surface area contributed by atoms with Gasteiger partial charge in [-0.3, -0.25) is 9.69 Å². The van der Waals surface area contributed by atoms with Gasteiger partial charge in [0.15, 0.2) is 11.3 Å². The van der Waals surface area contributed by atoms with Crippen molar-refractivity contribution in [3.63, 3.8) is 0 Å². The maximum absolute atomic E-state index is 14.8. The minimum Gasteiger partial charge on any atom is -0.497 e. The van der Waals surface area contributed by atoms with Crippen molar-refractivity contribution >= 4 is 27.4 Å². The lowest BCUT2D eigenvalue weighted by Gasteiger charge is -2.35. The number of alkyl halides is 4. The zero-order valence-electron chi connectivity index (χ0n) is 32.9. The van der Waals surface area contributed by atoms with Crippen molar-refractivity contribution in [2.75, 3.05) is 71.1 Å². The molecular weight excluding hydrogens is 803 g/mol. The van der Waals surface area contributed by atoms with Gasteiger partial charge in [-0.1, -0.05) is 12.1 Å². The quantitative estimate of drug-likeness (QED) is 0.121. The topological polar surface area (TPSA) is 142 Å². The molecule has 0 aliphatic carbocycles. The molecule has 14 nitrogen and oxygen atoms in total. The number of benzene rings is 2. The molecule has 6 rings (SSSR count). The van der Waals surface area contributed by atoms with Crippen molar-refractivity contribution in [2.24, 2.45) is 0 Å². The van der Waals surface area contributed by atoms with Crippen molar-refractivity contribution in [2.45, 2.75) is 56.0 Å². The Bertz CT molecular complexity index is 2150. The Labute approximate surface area is 339 Å². The normalized spacial score (nSPS) is 17.1. The molecule has 2 saturated heterocycles. The summed E-state index contributed by atoms with van der Waals surface area (Å²) in [5.41, 5.74) is 0.159. The summed E-state index contributed by atoms with van der Waals surface area (Å²) in [4.78, 5) is 25.7. The second kappa shape index (κ2) is 18.8. The molecule has 0 bridgehead atoms. The SMILES string of the molecule is COc1ccc(CN(Cc2ccc(OC)cc2OC)S(=O)(=O)c2cc(N(C(=O)c3ccc(C(F)F)nc3N3CCCC(F)(F)CC3)C3COCCO3)ccn2)c(OC)c1. The molecule has 2 aromatic heterocycles. The number of sulfonamides is 1. The molecule has 4 aromatic rings. The first-order chi connectivity index (χ1) is 28.3. The minimum absolute atomic E-state index is 0.00867. The van der Waals surface area contributed by atoms with Gasteiger partial charge < -0.3 is 33.3 Å². The van der Waals surface area contributed by atoms with E-state index in [1.165, 1.54) is 56.0 Å². The fourth-order valence-corrected chi connectivity index (χ4v) is 8.18. The van der Waals surface area contributed by atoms with Gasteiger partial charge in [-0.05, 0) is 36.8 Å². The van der Waals surface area contributed by atoms with Crippen LogP contribution in [-0.4, -0.2) is 102 Å². The van der Waals surface area contributed by atoms with Gasteiger partial charge in [0, 0.05) is 74.5 Å². The van der Waals surface area contributed by atoms with Crippen LogP contribution < -0.4 is 28.7 Å². The van der Waals surface area contributed by atoms with Crippen LogP contribution in [0.4, 0.5) is 29.1 Å². The highest BCUT2D eigenvalue weighted by Crippen LogP contribution is 2.36. The lowest BCUT2D eigenvalue weighted by atomic mass is 10.1. The van der Waals surface area contributed by atoms with Crippen LogP contribution in [0.15, 0.2) is 71.9 Å². The van der Waals surface area contributed by atoms with Crippen LogP contribution in [0.25, 0.3) is 0 Å². The first kappa shape index (κ1) is 43.3. The van der Waals surface area contributed by atoms with Gasteiger partial charge in [0.1, 0.15) is 34.5 Å². The van der Waals surface area contributed by atoms with Crippen molar-refractivity contribution in [3.05, 3.63) is 89.2 Å². The zero-order valence-corrected chi connectivity index (χ0v) is 33.7. The molecule has 0 N–H and O–H groups in total. The summed E-state index contributed by atoms with van der Waals surface area (Å²) in [5, 5.41) is -0.453. The van der Waals surface area contributed by atoms with E-state index in [1.807, 2.05) is 0 Å². The lowest BCUT2D eigenvalue weighted by molar-refractivity contribution is -0.0856. The zero-order chi connectivity index (χ0) is 42.3. The smallest absolute Gasteiger partial charge is 0.280 e. The summed E-state index contributed by atoms with van der Waals surface area (Å²) in [5.74, 6) is -2.33. The van der Waals surface area contributed by atoms with Crippen LogP contribution in [0.5, 0.6) is 23.0 Å². The molecule has 2 aromatic carbocycles. The van der Waals surface area contributed by atoms with Gasteiger partial charge in [-0.15, -0.1) is 0 Å². The lowest BCUT2D eigenvalue weighted by Crippen LogP contribution is -2.48. The Morgan fingerprint density at radius 2 is 1.54 bits per heavy atom. The minimum atomic E-state index is -4.55. The average molecular weight is 848 g/mol. The Hall–Kier alpha value is -5.24.